The van der Waals surface area contributed by atoms with E-state index in [0.717, 1.165) is 43.0 Å². The first-order valence-electron chi connectivity index (χ1n) is 10.1. The largest absolute Gasteiger partial charge is 0.462 e. The van der Waals surface area contributed by atoms with Crippen LogP contribution in [0.5, 0.6) is 0 Å². The number of rotatable bonds is 4. The zero-order chi connectivity index (χ0) is 20.2. The van der Waals surface area contributed by atoms with Crippen molar-refractivity contribution in [2.45, 2.75) is 26.3 Å². The Kier molecular flexibility index (Phi) is 5.75. The topological polar surface area (TPSA) is 103 Å². The lowest BCUT2D eigenvalue weighted by Crippen LogP contribution is -2.36. The summed E-state index contributed by atoms with van der Waals surface area (Å²) in [6.45, 7) is 6.48. The number of H-pyrrole nitrogens is 1. The van der Waals surface area contributed by atoms with E-state index in [2.05, 4.69) is 25.4 Å². The lowest BCUT2D eigenvalue weighted by atomic mass is 10.1. The Bertz CT molecular complexity index is 879. The molecule has 0 atom stereocenters. The molecular weight excluding hydrogens is 372 g/mol. The van der Waals surface area contributed by atoms with Gasteiger partial charge in [0.2, 0.25) is 0 Å². The highest BCUT2D eigenvalue weighted by atomic mass is 16.5. The van der Waals surface area contributed by atoms with E-state index in [-0.39, 0.29) is 11.9 Å². The minimum absolute atomic E-state index is 0.0151. The molecule has 2 N–H and O–H groups in total. The summed E-state index contributed by atoms with van der Waals surface area (Å²) in [5.41, 5.74) is 3.05. The van der Waals surface area contributed by atoms with Gasteiger partial charge in [-0.3, -0.25) is 9.89 Å². The average Bonchev–Trinajstić information content (AvgIpc) is 3.03. The Morgan fingerprint density at radius 3 is 2.90 bits per heavy atom. The molecular formula is C20H26N6O3. The molecule has 29 heavy (non-hydrogen) atoms. The maximum Gasteiger partial charge on any atom is 0.339 e. The molecule has 1 fully saturated rings. The number of amides is 1. The summed E-state index contributed by atoms with van der Waals surface area (Å²) >= 11 is 0. The number of pyridine rings is 1. The average molecular weight is 398 g/mol. The lowest BCUT2D eigenvalue weighted by molar-refractivity contribution is 0.0525. The van der Waals surface area contributed by atoms with Gasteiger partial charge in [-0.25, -0.2) is 9.78 Å². The zero-order valence-corrected chi connectivity index (χ0v) is 16.6. The number of nitrogens with one attached hydrogen (secondary N) is 2. The molecule has 2 aliphatic heterocycles. The summed E-state index contributed by atoms with van der Waals surface area (Å²) in [7, 11) is 0. The summed E-state index contributed by atoms with van der Waals surface area (Å²) in [5.74, 6) is 0.420. The van der Waals surface area contributed by atoms with Gasteiger partial charge in [-0.1, -0.05) is 0 Å². The van der Waals surface area contributed by atoms with Gasteiger partial charge in [-0.2, -0.15) is 5.10 Å². The van der Waals surface area contributed by atoms with Gasteiger partial charge in [0.05, 0.1) is 12.2 Å². The minimum atomic E-state index is -0.365. The molecule has 4 heterocycles. The van der Waals surface area contributed by atoms with E-state index in [1.165, 1.54) is 0 Å². The van der Waals surface area contributed by atoms with Crippen molar-refractivity contribution in [3.63, 3.8) is 0 Å². The van der Waals surface area contributed by atoms with E-state index < -0.39 is 0 Å². The molecule has 2 aromatic rings. The van der Waals surface area contributed by atoms with Crippen LogP contribution < -0.4 is 10.2 Å². The molecule has 9 heteroatoms. The monoisotopic (exact) mass is 398 g/mol. The second kappa shape index (κ2) is 8.60. The highest BCUT2D eigenvalue weighted by molar-refractivity contribution is 5.94. The van der Waals surface area contributed by atoms with Crippen molar-refractivity contribution in [1.29, 1.82) is 0 Å². The van der Waals surface area contributed by atoms with Crippen LogP contribution in [0.4, 0.5) is 5.82 Å². The van der Waals surface area contributed by atoms with E-state index in [4.69, 9.17) is 4.74 Å². The first-order chi connectivity index (χ1) is 14.2. The minimum Gasteiger partial charge on any atom is -0.462 e. The van der Waals surface area contributed by atoms with E-state index >= 15 is 0 Å². The zero-order valence-electron chi connectivity index (χ0n) is 16.6. The number of carbonyl (C=O) groups is 2. The van der Waals surface area contributed by atoms with Crippen LogP contribution >= 0.6 is 0 Å². The maximum atomic E-state index is 13.0. The second-order valence-corrected chi connectivity index (χ2v) is 7.21. The Morgan fingerprint density at radius 2 is 2.10 bits per heavy atom. The number of nitrogens with zero attached hydrogens (tertiary/aromatic N) is 4. The highest BCUT2D eigenvalue weighted by Gasteiger charge is 2.27. The van der Waals surface area contributed by atoms with Gasteiger partial charge >= 0.3 is 5.97 Å². The molecule has 0 saturated carbocycles. The number of anilines is 1. The quantitative estimate of drug-likeness (QED) is 0.740. The van der Waals surface area contributed by atoms with Gasteiger partial charge in [0.1, 0.15) is 5.82 Å². The van der Waals surface area contributed by atoms with Crippen molar-refractivity contribution >= 4 is 17.7 Å². The third-order valence-corrected chi connectivity index (χ3v) is 5.38. The van der Waals surface area contributed by atoms with Crippen LogP contribution in [-0.4, -0.2) is 71.3 Å². The molecule has 2 aromatic heterocycles. The second-order valence-electron chi connectivity index (χ2n) is 7.21. The van der Waals surface area contributed by atoms with Crippen LogP contribution in [0.15, 0.2) is 18.3 Å². The van der Waals surface area contributed by atoms with Crippen LogP contribution in [0, 0.1) is 0 Å². The molecule has 0 bridgehead atoms. The Balaban J connectivity index is 1.41. The van der Waals surface area contributed by atoms with E-state index in [1.807, 2.05) is 11.0 Å². The fraction of sp³-hybridized carbons (Fsp3) is 0.500. The third-order valence-electron chi connectivity index (χ3n) is 5.38. The number of aromatic nitrogens is 3. The lowest BCUT2D eigenvalue weighted by Gasteiger charge is -2.23. The van der Waals surface area contributed by atoms with Crippen molar-refractivity contribution in [2.75, 3.05) is 44.2 Å². The van der Waals surface area contributed by atoms with Crippen molar-refractivity contribution in [3.8, 4) is 0 Å². The van der Waals surface area contributed by atoms with Crippen molar-refractivity contribution in [2.24, 2.45) is 0 Å². The molecule has 2 aliphatic rings. The molecule has 0 radical (unpaired) electrons. The summed E-state index contributed by atoms with van der Waals surface area (Å²) < 4.78 is 5.00. The maximum absolute atomic E-state index is 13.0. The van der Waals surface area contributed by atoms with E-state index in [9.17, 15) is 9.59 Å². The van der Waals surface area contributed by atoms with Crippen LogP contribution in [-0.2, 0) is 17.7 Å². The highest BCUT2D eigenvalue weighted by Crippen LogP contribution is 2.19. The molecule has 4 rings (SSSR count). The van der Waals surface area contributed by atoms with Crippen LogP contribution in [0.3, 0.4) is 0 Å². The summed E-state index contributed by atoms with van der Waals surface area (Å²) in [6.07, 6.45) is 3.26. The first kappa shape index (κ1) is 19.4. The normalized spacial score (nSPS) is 16.9. The van der Waals surface area contributed by atoms with Gasteiger partial charge in [0.15, 0.2) is 5.69 Å². The van der Waals surface area contributed by atoms with Crippen molar-refractivity contribution in [3.05, 3.63) is 40.8 Å². The molecule has 0 aliphatic carbocycles. The van der Waals surface area contributed by atoms with Crippen LogP contribution in [0.1, 0.15) is 45.4 Å². The Hall–Kier alpha value is -2.94. The smallest absolute Gasteiger partial charge is 0.339 e. The fourth-order valence-corrected chi connectivity index (χ4v) is 3.81. The predicted octanol–water partition coefficient (Wildman–Crippen LogP) is 0.980. The SMILES string of the molecule is CCOC(=O)c1ccc(N2CCCN(C(=O)c3n[nH]c4c3CNCC4)CC2)nc1. The third kappa shape index (κ3) is 4.09. The molecule has 0 aromatic carbocycles. The summed E-state index contributed by atoms with van der Waals surface area (Å²) in [5, 5.41) is 10.6. The molecule has 1 amide bonds. The van der Waals surface area contributed by atoms with E-state index in [1.54, 1.807) is 19.2 Å². The van der Waals surface area contributed by atoms with Gasteiger partial charge in [0, 0.05) is 63.1 Å². The molecule has 0 unspecified atom stereocenters. The fourth-order valence-electron chi connectivity index (χ4n) is 3.81. The predicted molar refractivity (Wildman–Crippen MR) is 107 cm³/mol. The van der Waals surface area contributed by atoms with Crippen molar-refractivity contribution in [1.82, 2.24) is 25.4 Å². The van der Waals surface area contributed by atoms with Crippen LogP contribution in [0.2, 0.25) is 0 Å². The van der Waals surface area contributed by atoms with Gasteiger partial charge in [-0.05, 0) is 25.5 Å². The number of hydrogen-bond acceptors (Lipinski definition) is 7. The molecule has 1 saturated heterocycles. The van der Waals surface area contributed by atoms with Crippen LogP contribution in [0.25, 0.3) is 0 Å². The molecule has 9 nitrogen and oxygen atoms in total. The van der Waals surface area contributed by atoms with E-state index in [0.29, 0.717) is 44.0 Å². The van der Waals surface area contributed by atoms with Gasteiger partial charge in [-0.15, -0.1) is 0 Å². The summed E-state index contributed by atoms with van der Waals surface area (Å²) in [6, 6.07) is 3.57. The van der Waals surface area contributed by atoms with Crippen molar-refractivity contribution < 1.29 is 14.3 Å². The Morgan fingerprint density at radius 1 is 1.21 bits per heavy atom. The number of ether oxygens (including phenoxy) is 1. The standard InChI is InChI=1S/C20H26N6O3/c1-2-29-20(28)14-4-5-17(22-12-14)25-8-3-9-26(11-10-25)19(27)18-15-13-21-7-6-16(15)23-24-18/h4-5,12,21H,2-3,6-11,13H2,1H3,(H,23,24). The number of hydrogen-bond donors (Lipinski definition) is 2. The Labute approximate surface area is 169 Å². The number of carbonyl (C=O) groups excluding carboxylic acids is 2. The number of esters is 1. The number of aromatic amines is 1. The van der Waals surface area contributed by atoms with Gasteiger partial charge in [0.25, 0.3) is 5.91 Å². The molecule has 154 valence electrons. The summed E-state index contributed by atoms with van der Waals surface area (Å²) in [4.78, 5) is 33.3. The molecule has 0 spiro atoms. The first-order valence-corrected chi connectivity index (χ1v) is 10.1. The number of fused-ring (bicyclic) bond motifs is 1. The van der Waals surface area contributed by atoms with Gasteiger partial charge < -0.3 is 19.9 Å².